The number of aryl methyl sites for hydroxylation is 1. The Morgan fingerprint density at radius 1 is 1.16 bits per heavy atom. The molecule has 2 amide bonds. The molecular weight excluding hydrogens is 484 g/mol. The number of amides is 2. The number of anilines is 5. The van der Waals surface area contributed by atoms with E-state index in [1.165, 1.54) is 0 Å². The minimum Gasteiger partial charge on any atom is -0.339 e. The molecule has 0 fully saturated rings. The second-order valence-electron chi connectivity index (χ2n) is 9.57. The highest BCUT2D eigenvalue weighted by Gasteiger charge is 2.18. The summed E-state index contributed by atoms with van der Waals surface area (Å²) in [5.41, 5.74) is 5.68. The molecule has 37 heavy (non-hydrogen) atoms. The smallest absolute Gasteiger partial charge is 0.323 e. The van der Waals surface area contributed by atoms with Crippen molar-refractivity contribution in [3.05, 3.63) is 88.7 Å². The highest BCUT2D eigenvalue weighted by Crippen LogP contribution is 2.32. The van der Waals surface area contributed by atoms with E-state index < -0.39 is 0 Å². The topological polar surface area (TPSA) is 91.0 Å². The number of nitrogens with zero attached hydrogens (tertiary/aromatic N) is 2. The molecule has 8 heteroatoms. The molecule has 1 aliphatic heterocycles. The van der Waals surface area contributed by atoms with Crippen molar-refractivity contribution < 1.29 is 4.79 Å². The molecule has 0 radical (unpaired) electrons. The number of halogens is 1. The maximum atomic E-state index is 13.1. The highest BCUT2D eigenvalue weighted by molar-refractivity contribution is 6.32. The number of urea groups is 1. The molecule has 2 atom stereocenters. The molecule has 2 unspecified atom stereocenters. The third-order valence-electron chi connectivity index (χ3n) is 6.93. The second kappa shape index (κ2) is 11.0. The lowest BCUT2D eigenvalue weighted by molar-refractivity contribution is 0.262. The van der Waals surface area contributed by atoms with Crippen molar-refractivity contribution in [1.82, 2.24) is 9.97 Å². The van der Waals surface area contributed by atoms with Crippen molar-refractivity contribution in [2.45, 2.75) is 45.4 Å². The number of carbonyl (C=O) groups excluding carboxylic acids is 1. The van der Waals surface area contributed by atoms with Crippen LogP contribution in [0.1, 0.15) is 50.2 Å². The normalized spacial score (nSPS) is 17.1. The number of hydrogen-bond donors (Lipinski definition) is 4. The third-order valence-corrected chi connectivity index (χ3v) is 7.21. The Morgan fingerprint density at radius 2 is 2.00 bits per heavy atom. The fourth-order valence-electron chi connectivity index (χ4n) is 4.71. The van der Waals surface area contributed by atoms with Gasteiger partial charge in [-0.3, -0.25) is 0 Å². The number of allylic oxidation sites excluding steroid dienone is 4. The maximum Gasteiger partial charge on any atom is 0.323 e. The lowest BCUT2D eigenvalue weighted by Gasteiger charge is -2.20. The zero-order valence-corrected chi connectivity index (χ0v) is 21.8. The number of aromatic nitrogens is 2. The molecule has 7 nitrogen and oxygen atoms in total. The standard InChI is InChI=1S/C29H31ClN6O/c1-3-18(2)23-9-4-5-10-26(23)35-29(37)34-25-14-13-22-16-20(25)12-11-19-7-6-8-21(15-19)33-28-31-17-24(30)27(32-22)36-28/h4-10,13-14,16-19H,3,11-12,15H2,1-2H3,(H2,34,35,37)(H2,31,32,33,36). The van der Waals surface area contributed by atoms with E-state index in [-0.39, 0.29) is 6.03 Å². The first-order chi connectivity index (χ1) is 18.0. The van der Waals surface area contributed by atoms with Crippen LogP contribution in [0.4, 0.5) is 33.6 Å². The van der Waals surface area contributed by atoms with Crippen LogP contribution in [0.15, 0.2) is 72.6 Å². The van der Waals surface area contributed by atoms with E-state index in [2.05, 4.69) is 75.4 Å². The molecule has 5 rings (SSSR count). The Balaban J connectivity index is 1.42. The van der Waals surface area contributed by atoms with Crippen LogP contribution in [0.25, 0.3) is 0 Å². The first-order valence-electron chi connectivity index (χ1n) is 12.7. The second-order valence-corrected chi connectivity index (χ2v) is 9.97. The Hall–Kier alpha value is -3.84. The van der Waals surface area contributed by atoms with E-state index >= 15 is 0 Å². The summed E-state index contributed by atoms with van der Waals surface area (Å²) in [5.74, 6) is 1.74. The van der Waals surface area contributed by atoms with Gasteiger partial charge in [-0.2, -0.15) is 4.98 Å². The third kappa shape index (κ3) is 5.94. The first-order valence-corrected chi connectivity index (χ1v) is 13.1. The number of rotatable bonds is 4. The minimum atomic E-state index is -0.258. The Kier molecular flexibility index (Phi) is 7.42. The monoisotopic (exact) mass is 514 g/mol. The minimum absolute atomic E-state index is 0.258. The molecule has 4 N–H and O–H groups in total. The summed E-state index contributed by atoms with van der Waals surface area (Å²) >= 11 is 6.39. The van der Waals surface area contributed by atoms with Crippen LogP contribution in [0, 0.1) is 5.92 Å². The van der Waals surface area contributed by atoms with Gasteiger partial charge in [0.25, 0.3) is 0 Å². The molecule has 1 aromatic heterocycles. The molecule has 190 valence electrons. The van der Waals surface area contributed by atoms with Gasteiger partial charge in [0, 0.05) is 22.8 Å². The van der Waals surface area contributed by atoms with E-state index in [1.807, 2.05) is 30.3 Å². The van der Waals surface area contributed by atoms with Crippen molar-refractivity contribution in [3.63, 3.8) is 0 Å². The van der Waals surface area contributed by atoms with Gasteiger partial charge in [-0.25, -0.2) is 9.78 Å². The predicted molar refractivity (Wildman–Crippen MR) is 152 cm³/mol. The molecule has 6 bridgehead atoms. The van der Waals surface area contributed by atoms with Crippen LogP contribution in [-0.2, 0) is 6.42 Å². The fraction of sp³-hybridized carbons (Fsp3) is 0.276. The van der Waals surface area contributed by atoms with Crippen LogP contribution in [-0.4, -0.2) is 16.0 Å². The first kappa shape index (κ1) is 24.8. The number of fused-ring (bicyclic) bond motifs is 6. The lowest BCUT2D eigenvalue weighted by Crippen LogP contribution is -2.21. The number of hydrogen-bond acceptors (Lipinski definition) is 5. The fourth-order valence-corrected chi connectivity index (χ4v) is 4.85. The van der Waals surface area contributed by atoms with Gasteiger partial charge in [0.15, 0.2) is 5.82 Å². The van der Waals surface area contributed by atoms with Crippen LogP contribution in [0.5, 0.6) is 0 Å². The average Bonchev–Trinajstić information content (AvgIpc) is 2.90. The van der Waals surface area contributed by atoms with Gasteiger partial charge in [0.2, 0.25) is 5.95 Å². The van der Waals surface area contributed by atoms with Crippen LogP contribution in [0.2, 0.25) is 5.02 Å². The van der Waals surface area contributed by atoms with Crippen molar-refractivity contribution in [1.29, 1.82) is 0 Å². The van der Waals surface area contributed by atoms with E-state index in [0.29, 0.717) is 28.6 Å². The largest absolute Gasteiger partial charge is 0.339 e. The van der Waals surface area contributed by atoms with Crippen molar-refractivity contribution in [2.75, 3.05) is 21.3 Å². The quantitative estimate of drug-likeness (QED) is 0.284. The summed E-state index contributed by atoms with van der Waals surface area (Å²) in [4.78, 5) is 22.0. The molecule has 2 heterocycles. The Morgan fingerprint density at radius 3 is 2.86 bits per heavy atom. The zero-order valence-electron chi connectivity index (χ0n) is 21.0. The van der Waals surface area contributed by atoms with Gasteiger partial charge in [-0.15, -0.1) is 0 Å². The number of para-hydroxylation sites is 1. The molecule has 0 saturated carbocycles. The van der Waals surface area contributed by atoms with Crippen molar-refractivity contribution in [2.24, 2.45) is 5.92 Å². The summed E-state index contributed by atoms with van der Waals surface area (Å²) in [7, 11) is 0. The number of carbonyl (C=O) groups is 1. The maximum absolute atomic E-state index is 13.1. The molecule has 1 aliphatic carbocycles. The summed E-state index contributed by atoms with van der Waals surface area (Å²) < 4.78 is 0. The van der Waals surface area contributed by atoms with E-state index in [0.717, 1.165) is 59.6 Å². The molecule has 0 saturated heterocycles. The van der Waals surface area contributed by atoms with E-state index in [1.54, 1.807) is 6.20 Å². The zero-order chi connectivity index (χ0) is 25.8. The Bertz CT molecular complexity index is 1370. The number of nitrogens with one attached hydrogen (secondary N) is 4. The van der Waals surface area contributed by atoms with Gasteiger partial charge in [0.05, 0.1) is 6.20 Å². The average molecular weight is 515 g/mol. The molecule has 2 aromatic carbocycles. The summed E-state index contributed by atoms with van der Waals surface area (Å²) in [6.45, 7) is 4.32. The van der Waals surface area contributed by atoms with Gasteiger partial charge in [-0.1, -0.05) is 55.8 Å². The van der Waals surface area contributed by atoms with E-state index in [9.17, 15) is 4.79 Å². The number of benzene rings is 2. The van der Waals surface area contributed by atoms with Crippen molar-refractivity contribution >= 4 is 46.5 Å². The summed E-state index contributed by atoms with van der Waals surface area (Å²) in [5, 5.41) is 13.2. The van der Waals surface area contributed by atoms with Gasteiger partial charge in [-0.05, 0) is 79.0 Å². The highest BCUT2D eigenvalue weighted by atomic mass is 35.5. The van der Waals surface area contributed by atoms with Gasteiger partial charge < -0.3 is 21.3 Å². The molecule has 3 aromatic rings. The predicted octanol–water partition coefficient (Wildman–Crippen LogP) is 7.85. The van der Waals surface area contributed by atoms with Crippen LogP contribution >= 0.6 is 11.6 Å². The molecule has 0 spiro atoms. The Labute approximate surface area is 222 Å². The summed E-state index contributed by atoms with van der Waals surface area (Å²) in [6, 6.07) is 13.6. The van der Waals surface area contributed by atoms with Gasteiger partial charge in [0.1, 0.15) is 5.02 Å². The van der Waals surface area contributed by atoms with Crippen LogP contribution < -0.4 is 21.3 Å². The molecule has 2 aliphatic rings. The van der Waals surface area contributed by atoms with Crippen molar-refractivity contribution in [3.8, 4) is 0 Å². The van der Waals surface area contributed by atoms with Crippen LogP contribution in [0.3, 0.4) is 0 Å². The van der Waals surface area contributed by atoms with Gasteiger partial charge >= 0.3 is 6.03 Å². The van der Waals surface area contributed by atoms with E-state index in [4.69, 9.17) is 11.6 Å². The lowest BCUT2D eigenvalue weighted by atomic mass is 9.91. The summed E-state index contributed by atoms with van der Waals surface area (Å²) in [6.07, 6.45) is 11.5. The SMILES string of the molecule is CCC(C)c1ccccc1NC(=O)Nc1ccc2cc1CCC1C=CC=C(C1)Nc1ncc(Cl)c(n1)N2. The molecular formula is C29H31ClN6O.